The second-order valence-electron chi connectivity index (χ2n) is 8.61. The fourth-order valence-corrected chi connectivity index (χ4v) is 5.52. The van der Waals surface area contributed by atoms with E-state index in [0.717, 1.165) is 24.2 Å². The van der Waals surface area contributed by atoms with Gasteiger partial charge in [0, 0.05) is 18.2 Å². The number of nitrogens with zero attached hydrogens (tertiary/aromatic N) is 1. The molecule has 2 aromatic rings. The summed E-state index contributed by atoms with van der Waals surface area (Å²) in [6.45, 7) is 7.45. The minimum absolute atomic E-state index is 0.0288. The third kappa shape index (κ3) is 6.33. The van der Waals surface area contributed by atoms with Crippen LogP contribution < -0.4 is 4.74 Å². The summed E-state index contributed by atoms with van der Waals surface area (Å²) < 4.78 is 29.9. The molecular weight excluding hydrogens is 410 g/mol. The third-order valence-corrected chi connectivity index (χ3v) is 7.53. The topological polar surface area (TPSA) is 63.7 Å². The lowest BCUT2D eigenvalue weighted by atomic mass is 10.0. The van der Waals surface area contributed by atoms with E-state index in [9.17, 15) is 13.2 Å². The number of carbonyl (C=O) groups excluding carboxylic acids is 1. The molecule has 1 fully saturated rings. The van der Waals surface area contributed by atoms with E-state index in [1.165, 1.54) is 5.56 Å². The van der Waals surface area contributed by atoms with Crippen molar-refractivity contribution in [1.82, 2.24) is 4.90 Å². The van der Waals surface area contributed by atoms with Crippen molar-refractivity contribution in [3.8, 4) is 5.75 Å². The Kier molecular flexibility index (Phi) is 7.76. The zero-order valence-electron chi connectivity index (χ0n) is 18.7. The van der Waals surface area contributed by atoms with Crippen molar-refractivity contribution in [3.05, 3.63) is 65.2 Å². The summed E-state index contributed by atoms with van der Waals surface area (Å²) >= 11 is 0. The largest absolute Gasteiger partial charge is 0.494 e. The first-order valence-corrected chi connectivity index (χ1v) is 12.9. The maximum atomic E-state index is 13.4. The molecule has 0 saturated carbocycles. The summed E-state index contributed by atoms with van der Waals surface area (Å²) in [5.74, 6) is 1.20. The maximum Gasteiger partial charge on any atom is 0.254 e. The number of hydrogen-bond donors (Lipinski definition) is 0. The Balaban J connectivity index is 1.79. The van der Waals surface area contributed by atoms with Gasteiger partial charge in [-0.1, -0.05) is 51.5 Å². The first-order chi connectivity index (χ1) is 14.8. The summed E-state index contributed by atoms with van der Waals surface area (Å²) in [7, 11) is -3.10. The molecule has 168 valence electrons. The Bertz CT molecular complexity index is 966. The predicted molar refractivity (Wildman–Crippen MR) is 124 cm³/mol. The maximum absolute atomic E-state index is 13.4. The van der Waals surface area contributed by atoms with Crippen LogP contribution >= 0.6 is 0 Å². The molecule has 0 bridgehead atoms. The first kappa shape index (κ1) is 23.3. The zero-order valence-corrected chi connectivity index (χ0v) is 19.5. The normalized spacial score (nSPS) is 17.6. The van der Waals surface area contributed by atoms with Gasteiger partial charge in [-0.3, -0.25) is 4.79 Å². The van der Waals surface area contributed by atoms with Crippen molar-refractivity contribution in [1.29, 1.82) is 0 Å². The van der Waals surface area contributed by atoms with E-state index in [1.54, 1.807) is 17.0 Å². The fraction of sp³-hybridized carbons (Fsp3) is 0.480. The van der Waals surface area contributed by atoms with Crippen molar-refractivity contribution in [3.63, 3.8) is 0 Å². The molecule has 1 aliphatic heterocycles. The monoisotopic (exact) mass is 443 g/mol. The Hall–Kier alpha value is -2.34. The fourth-order valence-electron chi connectivity index (χ4n) is 3.79. The van der Waals surface area contributed by atoms with Crippen molar-refractivity contribution in [2.75, 3.05) is 18.1 Å². The van der Waals surface area contributed by atoms with E-state index in [4.69, 9.17) is 4.74 Å². The molecule has 5 nitrogen and oxygen atoms in total. The van der Waals surface area contributed by atoms with Crippen molar-refractivity contribution in [2.45, 2.75) is 58.5 Å². The van der Waals surface area contributed by atoms with Gasteiger partial charge in [0.15, 0.2) is 9.84 Å². The lowest BCUT2D eigenvalue weighted by Gasteiger charge is -2.29. The summed E-state index contributed by atoms with van der Waals surface area (Å²) in [6.07, 6.45) is 2.53. The van der Waals surface area contributed by atoms with Gasteiger partial charge >= 0.3 is 0 Å². The lowest BCUT2D eigenvalue weighted by Crippen LogP contribution is -2.40. The molecule has 1 unspecified atom stereocenters. The van der Waals surface area contributed by atoms with E-state index in [2.05, 4.69) is 32.9 Å². The molecule has 0 radical (unpaired) electrons. The van der Waals surface area contributed by atoms with Crippen LogP contribution in [0.3, 0.4) is 0 Å². The highest BCUT2D eigenvalue weighted by molar-refractivity contribution is 7.91. The Morgan fingerprint density at radius 1 is 1.10 bits per heavy atom. The summed E-state index contributed by atoms with van der Waals surface area (Å²) in [5, 5.41) is 0. The molecule has 0 N–H and O–H groups in total. The number of hydrogen-bond acceptors (Lipinski definition) is 4. The molecule has 1 saturated heterocycles. The van der Waals surface area contributed by atoms with Gasteiger partial charge < -0.3 is 9.64 Å². The third-order valence-electron chi connectivity index (χ3n) is 5.78. The number of unbranched alkanes of at least 4 members (excludes halogenated alkanes) is 1. The van der Waals surface area contributed by atoms with Gasteiger partial charge in [0.2, 0.25) is 0 Å². The molecule has 1 heterocycles. The molecule has 1 aliphatic rings. The SMILES string of the molecule is CCCCOc1ccc(C(=O)N(Cc2ccc(C(C)C)cc2)C2CCS(=O)(=O)C2)cc1. The number of sulfone groups is 1. The number of ether oxygens (including phenoxy) is 1. The second-order valence-corrected chi connectivity index (χ2v) is 10.8. The minimum Gasteiger partial charge on any atom is -0.494 e. The summed E-state index contributed by atoms with van der Waals surface area (Å²) in [4.78, 5) is 15.1. The van der Waals surface area contributed by atoms with E-state index in [0.29, 0.717) is 31.1 Å². The van der Waals surface area contributed by atoms with Gasteiger partial charge in [-0.25, -0.2) is 8.42 Å². The predicted octanol–water partition coefficient (Wildman–Crippen LogP) is 4.82. The quantitative estimate of drug-likeness (QED) is 0.521. The summed E-state index contributed by atoms with van der Waals surface area (Å²) in [6, 6.07) is 15.1. The summed E-state index contributed by atoms with van der Waals surface area (Å²) in [5.41, 5.74) is 2.79. The zero-order chi connectivity index (χ0) is 22.4. The van der Waals surface area contributed by atoms with Crippen LogP contribution in [0.25, 0.3) is 0 Å². The van der Waals surface area contributed by atoms with Gasteiger partial charge in [-0.2, -0.15) is 0 Å². The van der Waals surface area contributed by atoms with Crippen molar-refractivity contribution >= 4 is 15.7 Å². The molecule has 1 atom stereocenters. The van der Waals surface area contributed by atoms with E-state index in [1.807, 2.05) is 24.3 Å². The van der Waals surface area contributed by atoms with Crippen LogP contribution in [-0.4, -0.2) is 43.4 Å². The molecule has 0 spiro atoms. The number of amides is 1. The van der Waals surface area contributed by atoms with Gasteiger partial charge in [0.05, 0.1) is 18.1 Å². The van der Waals surface area contributed by atoms with Crippen LogP contribution in [0.15, 0.2) is 48.5 Å². The molecule has 0 aromatic heterocycles. The molecule has 0 aliphatic carbocycles. The van der Waals surface area contributed by atoms with Crippen LogP contribution in [0, 0.1) is 0 Å². The van der Waals surface area contributed by atoms with Crippen LogP contribution in [0.2, 0.25) is 0 Å². The highest BCUT2D eigenvalue weighted by Gasteiger charge is 2.35. The average Bonchev–Trinajstić information content (AvgIpc) is 3.12. The molecule has 3 rings (SSSR count). The standard InChI is InChI=1S/C25H33NO4S/c1-4-5-15-30-24-12-10-22(11-13-24)25(27)26(23-14-16-31(28,29)18-23)17-20-6-8-21(9-7-20)19(2)3/h6-13,19,23H,4-5,14-18H2,1-3H3. The second kappa shape index (κ2) is 10.3. The van der Waals surface area contributed by atoms with Crippen molar-refractivity contribution < 1.29 is 17.9 Å². The molecule has 31 heavy (non-hydrogen) atoms. The van der Waals surface area contributed by atoms with Gasteiger partial charge in [-0.05, 0) is 54.2 Å². The Morgan fingerprint density at radius 2 is 1.77 bits per heavy atom. The number of benzene rings is 2. The number of rotatable bonds is 9. The lowest BCUT2D eigenvalue weighted by molar-refractivity contribution is 0.0681. The van der Waals surface area contributed by atoms with Crippen LogP contribution in [0.1, 0.15) is 67.4 Å². The highest BCUT2D eigenvalue weighted by Crippen LogP contribution is 2.24. The highest BCUT2D eigenvalue weighted by atomic mass is 32.2. The van der Waals surface area contributed by atoms with Crippen LogP contribution in [0.5, 0.6) is 5.75 Å². The molecule has 6 heteroatoms. The molecule has 2 aromatic carbocycles. The van der Waals surface area contributed by atoms with Gasteiger partial charge in [0.1, 0.15) is 5.75 Å². The van der Waals surface area contributed by atoms with Crippen LogP contribution in [0.4, 0.5) is 0 Å². The Labute approximate surface area is 186 Å². The van der Waals surface area contributed by atoms with Gasteiger partial charge in [0.25, 0.3) is 5.91 Å². The van der Waals surface area contributed by atoms with Crippen LogP contribution in [-0.2, 0) is 16.4 Å². The molecular formula is C25H33NO4S. The molecule has 1 amide bonds. The minimum atomic E-state index is -3.10. The van der Waals surface area contributed by atoms with E-state index >= 15 is 0 Å². The first-order valence-electron chi connectivity index (χ1n) is 11.1. The van der Waals surface area contributed by atoms with E-state index < -0.39 is 9.84 Å². The number of carbonyl (C=O) groups is 1. The smallest absolute Gasteiger partial charge is 0.254 e. The van der Waals surface area contributed by atoms with E-state index in [-0.39, 0.29) is 23.5 Å². The Morgan fingerprint density at radius 3 is 2.32 bits per heavy atom. The van der Waals surface area contributed by atoms with Gasteiger partial charge in [-0.15, -0.1) is 0 Å². The average molecular weight is 444 g/mol. The van der Waals surface area contributed by atoms with Crippen molar-refractivity contribution in [2.24, 2.45) is 0 Å².